The van der Waals surface area contributed by atoms with Gasteiger partial charge in [0.05, 0.1) is 5.25 Å². The van der Waals surface area contributed by atoms with E-state index in [1.165, 1.54) is 6.07 Å². The highest BCUT2D eigenvalue weighted by molar-refractivity contribution is 7.90. The molecule has 0 bridgehead atoms. The van der Waals surface area contributed by atoms with Gasteiger partial charge in [0, 0.05) is 6.54 Å². The molecule has 2 aromatic rings. The highest BCUT2D eigenvalue weighted by Gasteiger charge is 2.17. The van der Waals surface area contributed by atoms with Gasteiger partial charge in [-0.3, -0.25) is 0 Å². The van der Waals surface area contributed by atoms with Crippen molar-refractivity contribution in [2.75, 3.05) is 19.8 Å². The van der Waals surface area contributed by atoms with Crippen molar-refractivity contribution in [3.05, 3.63) is 59.9 Å². The van der Waals surface area contributed by atoms with Gasteiger partial charge in [0.2, 0.25) is 10.0 Å². The second-order valence-electron chi connectivity index (χ2n) is 6.54. The minimum absolute atomic E-state index is 0.0389. The van der Waals surface area contributed by atoms with Gasteiger partial charge in [-0.2, -0.15) is 0 Å². The third-order valence-corrected chi connectivity index (χ3v) is 5.92. The molecule has 5 nitrogen and oxygen atoms in total. The number of sulfonamides is 1. The summed E-state index contributed by atoms with van der Waals surface area (Å²) < 4.78 is 50.6. The van der Waals surface area contributed by atoms with Crippen molar-refractivity contribution in [1.82, 2.24) is 4.72 Å². The maximum atomic E-state index is 13.4. The van der Waals surface area contributed by atoms with Gasteiger partial charge < -0.3 is 9.47 Å². The van der Waals surface area contributed by atoms with E-state index in [1.807, 2.05) is 31.2 Å². The predicted molar refractivity (Wildman–Crippen MR) is 104 cm³/mol. The summed E-state index contributed by atoms with van der Waals surface area (Å²) in [5, 5.41) is -0.452. The van der Waals surface area contributed by atoms with Crippen LogP contribution in [0.1, 0.15) is 32.3 Å². The fourth-order valence-electron chi connectivity index (χ4n) is 2.29. The molecule has 27 heavy (non-hydrogen) atoms. The average Bonchev–Trinajstić information content (AvgIpc) is 2.65. The largest absolute Gasteiger partial charge is 0.490 e. The molecule has 0 spiro atoms. The van der Waals surface area contributed by atoms with Crippen LogP contribution in [0.15, 0.2) is 48.5 Å². The molecule has 148 valence electrons. The highest BCUT2D eigenvalue weighted by Crippen LogP contribution is 2.20. The third-order valence-electron chi connectivity index (χ3n) is 4.11. The van der Waals surface area contributed by atoms with Gasteiger partial charge in [0.15, 0.2) is 11.6 Å². The number of rotatable bonds is 10. The smallest absolute Gasteiger partial charge is 0.213 e. The van der Waals surface area contributed by atoms with E-state index in [1.54, 1.807) is 32.0 Å². The minimum Gasteiger partial charge on any atom is -0.490 e. The SMILES string of the molecule is CC(CNS(=O)(=O)C(C)C)c1ccc(OCCOc2ccccc2F)cc1. The third kappa shape index (κ3) is 6.52. The van der Waals surface area contributed by atoms with Crippen LogP contribution in [-0.2, 0) is 10.0 Å². The monoisotopic (exact) mass is 395 g/mol. The summed E-state index contributed by atoms with van der Waals surface area (Å²) in [6.07, 6.45) is 0. The number of halogens is 1. The van der Waals surface area contributed by atoms with Gasteiger partial charge in [-0.05, 0) is 49.6 Å². The zero-order chi connectivity index (χ0) is 19.9. The van der Waals surface area contributed by atoms with E-state index < -0.39 is 21.1 Å². The molecule has 1 unspecified atom stereocenters. The predicted octanol–water partition coefficient (Wildman–Crippen LogP) is 3.71. The Balaban J connectivity index is 1.78. The summed E-state index contributed by atoms with van der Waals surface area (Å²) in [7, 11) is -3.27. The molecule has 0 aliphatic rings. The first-order chi connectivity index (χ1) is 12.8. The van der Waals surface area contributed by atoms with E-state index in [4.69, 9.17) is 9.47 Å². The fourth-order valence-corrected chi connectivity index (χ4v) is 3.11. The maximum absolute atomic E-state index is 13.4. The van der Waals surface area contributed by atoms with Crippen LogP contribution in [0.25, 0.3) is 0 Å². The van der Waals surface area contributed by atoms with Gasteiger partial charge in [-0.1, -0.05) is 31.2 Å². The summed E-state index contributed by atoms with van der Waals surface area (Å²) in [4.78, 5) is 0. The van der Waals surface area contributed by atoms with Gasteiger partial charge in [-0.15, -0.1) is 0 Å². The molecule has 0 fully saturated rings. The summed E-state index contributed by atoms with van der Waals surface area (Å²) in [6.45, 7) is 6.12. The van der Waals surface area contributed by atoms with E-state index in [9.17, 15) is 12.8 Å². The number of benzene rings is 2. The van der Waals surface area contributed by atoms with Crippen molar-refractivity contribution in [3.8, 4) is 11.5 Å². The quantitative estimate of drug-likeness (QED) is 0.623. The molecule has 2 aromatic carbocycles. The summed E-state index contributed by atoms with van der Waals surface area (Å²) in [5.74, 6) is 0.515. The van der Waals surface area contributed by atoms with Crippen molar-refractivity contribution >= 4 is 10.0 Å². The number of nitrogens with one attached hydrogen (secondary N) is 1. The Morgan fingerprint density at radius 2 is 1.59 bits per heavy atom. The van der Waals surface area contributed by atoms with Gasteiger partial charge in [0.1, 0.15) is 19.0 Å². The molecular formula is C20H26FNO4S. The second kappa shape index (κ2) is 9.71. The van der Waals surface area contributed by atoms with Crippen LogP contribution in [0, 0.1) is 5.82 Å². The average molecular weight is 395 g/mol. The number of hydrogen-bond acceptors (Lipinski definition) is 4. The first-order valence-electron chi connectivity index (χ1n) is 8.88. The van der Waals surface area contributed by atoms with Crippen molar-refractivity contribution in [3.63, 3.8) is 0 Å². The van der Waals surface area contributed by atoms with Crippen LogP contribution in [0.2, 0.25) is 0 Å². The van der Waals surface area contributed by atoms with Crippen molar-refractivity contribution in [2.45, 2.75) is 31.9 Å². The Kier molecular flexibility index (Phi) is 7.62. The summed E-state index contributed by atoms with van der Waals surface area (Å²) in [6, 6.07) is 13.7. The molecule has 0 saturated carbocycles. The van der Waals surface area contributed by atoms with E-state index >= 15 is 0 Å². The van der Waals surface area contributed by atoms with Crippen LogP contribution in [0.3, 0.4) is 0 Å². The zero-order valence-corrected chi connectivity index (χ0v) is 16.6. The molecule has 0 aromatic heterocycles. The van der Waals surface area contributed by atoms with Gasteiger partial charge in [-0.25, -0.2) is 17.5 Å². The zero-order valence-electron chi connectivity index (χ0n) is 15.8. The lowest BCUT2D eigenvalue weighted by molar-refractivity contribution is 0.211. The Morgan fingerprint density at radius 1 is 0.963 bits per heavy atom. The first-order valence-corrected chi connectivity index (χ1v) is 10.4. The summed E-state index contributed by atoms with van der Waals surface area (Å²) in [5.41, 5.74) is 1.01. The Morgan fingerprint density at radius 3 is 2.22 bits per heavy atom. The van der Waals surface area contributed by atoms with Crippen molar-refractivity contribution in [1.29, 1.82) is 0 Å². The molecule has 0 radical (unpaired) electrons. The highest BCUT2D eigenvalue weighted by atomic mass is 32.2. The normalized spacial score (nSPS) is 12.8. The number of para-hydroxylation sites is 1. The van der Waals surface area contributed by atoms with Crippen LogP contribution < -0.4 is 14.2 Å². The number of hydrogen-bond donors (Lipinski definition) is 1. The molecule has 7 heteroatoms. The molecule has 0 heterocycles. The van der Waals surface area contributed by atoms with E-state index in [0.29, 0.717) is 12.3 Å². The number of ether oxygens (including phenoxy) is 2. The Labute approximate surface area is 160 Å². The fraction of sp³-hybridized carbons (Fsp3) is 0.400. The van der Waals surface area contributed by atoms with Crippen molar-refractivity contribution < 1.29 is 22.3 Å². The first kappa shape index (κ1) is 21.2. The standard InChI is InChI=1S/C20H26FNO4S/c1-15(2)27(23,24)22-14-16(3)17-8-10-18(11-9-17)25-12-13-26-20-7-5-4-6-19(20)21/h4-11,15-16,22H,12-14H2,1-3H3. The van der Waals surface area contributed by atoms with E-state index in [-0.39, 0.29) is 24.9 Å². The van der Waals surface area contributed by atoms with Gasteiger partial charge >= 0.3 is 0 Å². The lowest BCUT2D eigenvalue weighted by Crippen LogP contribution is -2.33. The van der Waals surface area contributed by atoms with Crippen LogP contribution in [0.4, 0.5) is 4.39 Å². The lowest BCUT2D eigenvalue weighted by Gasteiger charge is -2.15. The molecule has 0 aliphatic heterocycles. The topological polar surface area (TPSA) is 64.6 Å². The Hall–Kier alpha value is -2.12. The molecule has 2 rings (SSSR count). The van der Waals surface area contributed by atoms with Crippen LogP contribution in [0.5, 0.6) is 11.5 Å². The van der Waals surface area contributed by atoms with Gasteiger partial charge in [0.25, 0.3) is 0 Å². The summed E-state index contributed by atoms with van der Waals surface area (Å²) >= 11 is 0. The minimum atomic E-state index is -3.27. The molecular weight excluding hydrogens is 369 g/mol. The molecule has 1 N–H and O–H groups in total. The Bertz CT molecular complexity index is 822. The maximum Gasteiger partial charge on any atom is 0.213 e. The lowest BCUT2D eigenvalue weighted by atomic mass is 10.0. The van der Waals surface area contributed by atoms with E-state index in [2.05, 4.69) is 4.72 Å². The van der Waals surface area contributed by atoms with Crippen molar-refractivity contribution in [2.24, 2.45) is 0 Å². The van der Waals surface area contributed by atoms with E-state index in [0.717, 1.165) is 5.56 Å². The van der Waals surface area contributed by atoms with Crippen LogP contribution >= 0.6 is 0 Å². The molecule has 1 atom stereocenters. The molecule has 0 aliphatic carbocycles. The molecule has 0 amide bonds. The van der Waals surface area contributed by atoms with Crippen LogP contribution in [-0.4, -0.2) is 33.4 Å². The second-order valence-corrected chi connectivity index (χ2v) is 8.86. The molecule has 0 saturated heterocycles.